The summed E-state index contributed by atoms with van der Waals surface area (Å²) in [5.74, 6) is 1.94. The summed E-state index contributed by atoms with van der Waals surface area (Å²) in [6.07, 6.45) is 4.24. The lowest BCUT2D eigenvalue weighted by Gasteiger charge is -2.21. The largest absolute Gasteiger partial charge is 0.490 e. The van der Waals surface area contributed by atoms with Gasteiger partial charge in [0.25, 0.3) is 5.56 Å². The lowest BCUT2D eigenvalue weighted by atomic mass is 9.99. The van der Waals surface area contributed by atoms with E-state index >= 15 is 0 Å². The van der Waals surface area contributed by atoms with Crippen LogP contribution in [0.25, 0.3) is 10.9 Å². The van der Waals surface area contributed by atoms with Crippen LogP contribution in [0.4, 0.5) is 0 Å². The Labute approximate surface area is 217 Å². The van der Waals surface area contributed by atoms with Gasteiger partial charge in [0.05, 0.1) is 30.3 Å². The quantitative estimate of drug-likeness (QED) is 0.252. The summed E-state index contributed by atoms with van der Waals surface area (Å²) in [6.45, 7) is 11.5. The molecule has 0 bridgehead atoms. The van der Waals surface area contributed by atoms with Crippen molar-refractivity contribution in [1.29, 1.82) is 0 Å². The molecular formula is C26H31Br2N3O3. The number of ether oxygens (including phenoxy) is 2. The van der Waals surface area contributed by atoms with Crippen LogP contribution in [-0.4, -0.2) is 29.1 Å². The summed E-state index contributed by atoms with van der Waals surface area (Å²) < 4.78 is 14.9. The number of hydrogen-bond acceptors (Lipinski definition) is 5. The molecule has 0 aliphatic heterocycles. The van der Waals surface area contributed by atoms with Crippen molar-refractivity contribution in [3.63, 3.8) is 0 Å². The number of rotatable bonds is 9. The maximum absolute atomic E-state index is 13.3. The molecule has 34 heavy (non-hydrogen) atoms. The third-order valence-corrected chi connectivity index (χ3v) is 6.15. The van der Waals surface area contributed by atoms with Gasteiger partial charge in [-0.1, -0.05) is 50.0 Å². The standard InChI is InChI=1S/C26H31Br2N3O3/c1-6-8-9-24-30-21-11-10-18(27)13-19(21)25(32)31(24)29-15-17-12-22(33-7-2)23(14-20(17)28)34-16-26(3,4)5/h10-15H,6-9,16H2,1-5H3. The molecule has 1 heterocycles. The zero-order chi connectivity index (χ0) is 24.9. The van der Waals surface area contributed by atoms with Crippen LogP contribution in [0.15, 0.2) is 49.2 Å². The minimum Gasteiger partial charge on any atom is -0.490 e. The Hall–Kier alpha value is -2.19. The second-order valence-corrected chi connectivity index (χ2v) is 11.0. The van der Waals surface area contributed by atoms with Crippen molar-refractivity contribution in [1.82, 2.24) is 9.66 Å². The molecule has 2 aromatic carbocycles. The van der Waals surface area contributed by atoms with E-state index in [0.29, 0.717) is 47.9 Å². The van der Waals surface area contributed by atoms with Crippen LogP contribution in [0, 0.1) is 5.41 Å². The van der Waals surface area contributed by atoms with E-state index in [4.69, 9.17) is 14.5 Å². The predicted octanol–water partition coefficient (Wildman–Crippen LogP) is 6.97. The molecule has 0 saturated carbocycles. The number of fused-ring (bicyclic) bond motifs is 1. The van der Waals surface area contributed by atoms with Crippen LogP contribution in [-0.2, 0) is 6.42 Å². The first-order valence-electron chi connectivity index (χ1n) is 11.5. The topological polar surface area (TPSA) is 65.7 Å². The van der Waals surface area contributed by atoms with Crippen molar-refractivity contribution >= 4 is 49.0 Å². The van der Waals surface area contributed by atoms with Crippen LogP contribution in [0.2, 0.25) is 0 Å². The number of unbranched alkanes of at least 4 members (excludes halogenated alkanes) is 1. The van der Waals surface area contributed by atoms with Crippen LogP contribution in [0.3, 0.4) is 0 Å². The van der Waals surface area contributed by atoms with Crippen molar-refractivity contribution < 1.29 is 9.47 Å². The minimum absolute atomic E-state index is 0.0181. The molecular weight excluding hydrogens is 562 g/mol. The summed E-state index contributed by atoms with van der Waals surface area (Å²) in [5, 5.41) is 5.08. The van der Waals surface area contributed by atoms with Crippen molar-refractivity contribution in [2.75, 3.05) is 13.2 Å². The fraction of sp³-hybridized carbons (Fsp3) is 0.423. The number of benzene rings is 2. The van der Waals surface area contributed by atoms with Crippen molar-refractivity contribution in [2.24, 2.45) is 10.5 Å². The van der Waals surface area contributed by atoms with Gasteiger partial charge in [0.15, 0.2) is 11.5 Å². The Morgan fingerprint density at radius 3 is 2.50 bits per heavy atom. The van der Waals surface area contributed by atoms with E-state index in [-0.39, 0.29) is 11.0 Å². The molecule has 0 N–H and O–H groups in total. The molecule has 0 saturated heterocycles. The van der Waals surface area contributed by atoms with Gasteiger partial charge in [0.2, 0.25) is 0 Å². The lowest BCUT2D eigenvalue weighted by Crippen LogP contribution is -2.22. The Kier molecular flexibility index (Phi) is 8.93. The highest BCUT2D eigenvalue weighted by molar-refractivity contribution is 9.10. The predicted molar refractivity (Wildman–Crippen MR) is 146 cm³/mol. The molecule has 3 aromatic rings. The Morgan fingerprint density at radius 1 is 1.09 bits per heavy atom. The highest BCUT2D eigenvalue weighted by Crippen LogP contribution is 2.34. The first-order valence-corrected chi connectivity index (χ1v) is 13.1. The van der Waals surface area contributed by atoms with E-state index in [1.807, 2.05) is 31.2 Å². The fourth-order valence-corrected chi connectivity index (χ4v) is 4.04. The van der Waals surface area contributed by atoms with E-state index in [1.165, 1.54) is 4.68 Å². The van der Waals surface area contributed by atoms with Crippen LogP contribution in [0.5, 0.6) is 11.5 Å². The average Bonchev–Trinajstić information content (AvgIpc) is 2.77. The summed E-state index contributed by atoms with van der Waals surface area (Å²) in [6, 6.07) is 9.28. The van der Waals surface area contributed by atoms with Gasteiger partial charge < -0.3 is 9.47 Å². The highest BCUT2D eigenvalue weighted by Gasteiger charge is 2.16. The second kappa shape index (κ2) is 11.5. The zero-order valence-electron chi connectivity index (χ0n) is 20.3. The molecule has 0 fully saturated rings. The number of aryl methyl sites for hydroxylation is 1. The highest BCUT2D eigenvalue weighted by atomic mass is 79.9. The Morgan fingerprint density at radius 2 is 1.82 bits per heavy atom. The summed E-state index contributed by atoms with van der Waals surface area (Å²) in [7, 11) is 0. The van der Waals surface area contributed by atoms with Gasteiger partial charge in [0.1, 0.15) is 5.82 Å². The minimum atomic E-state index is -0.195. The molecule has 3 rings (SSSR count). The molecule has 0 spiro atoms. The molecule has 0 radical (unpaired) electrons. The van der Waals surface area contributed by atoms with Crippen molar-refractivity contribution in [3.05, 3.63) is 61.0 Å². The first kappa shape index (κ1) is 26.4. The average molecular weight is 593 g/mol. The molecule has 1 aromatic heterocycles. The molecule has 0 aliphatic rings. The van der Waals surface area contributed by atoms with E-state index in [1.54, 1.807) is 12.3 Å². The van der Waals surface area contributed by atoms with E-state index < -0.39 is 0 Å². The molecule has 0 aliphatic carbocycles. The van der Waals surface area contributed by atoms with Crippen molar-refractivity contribution in [3.8, 4) is 11.5 Å². The van der Waals surface area contributed by atoms with Gasteiger partial charge in [-0.15, -0.1) is 0 Å². The first-order chi connectivity index (χ1) is 16.1. The van der Waals surface area contributed by atoms with E-state index in [2.05, 4.69) is 64.7 Å². The zero-order valence-corrected chi connectivity index (χ0v) is 23.5. The Bertz CT molecular complexity index is 1250. The van der Waals surface area contributed by atoms with Crippen molar-refractivity contribution in [2.45, 2.75) is 53.9 Å². The van der Waals surface area contributed by atoms with Gasteiger partial charge in [-0.05, 0) is 65.0 Å². The third-order valence-electron chi connectivity index (χ3n) is 4.97. The maximum atomic E-state index is 13.3. The van der Waals surface area contributed by atoms with Gasteiger partial charge in [-0.2, -0.15) is 9.78 Å². The van der Waals surface area contributed by atoms with Gasteiger partial charge in [0, 0.05) is 20.9 Å². The summed E-state index contributed by atoms with van der Waals surface area (Å²) in [4.78, 5) is 18.0. The third kappa shape index (κ3) is 6.69. The summed E-state index contributed by atoms with van der Waals surface area (Å²) >= 11 is 7.06. The molecule has 0 amide bonds. The van der Waals surface area contributed by atoms with Crippen LogP contribution >= 0.6 is 31.9 Å². The molecule has 0 unspecified atom stereocenters. The smallest absolute Gasteiger partial charge is 0.282 e. The lowest BCUT2D eigenvalue weighted by molar-refractivity contribution is 0.188. The van der Waals surface area contributed by atoms with Gasteiger partial charge >= 0.3 is 0 Å². The monoisotopic (exact) mass is 591 g/mol. The molecule has 0 atom stereocenters. The second-order valence-electron chi connectivity index (χ2n) is 9.26. The normalized spacial score (nSPS) is 12.0. The van der Waals surface area contributed by atoms with Gasteiger partial charge in [-0.3, -0.25) is 4.79 Å². The fourth-order valence-electron chi connectivity index (χ4n) is 3.26. The maximum Gasteiger partial charge on any atom is 0.282 e. The van der Waals surface area contributed by atoms with Crippen LogP contribution in [0.1, 0.15) is 58.8 Å². The number of halogens is 2. The van der Waals surface area contributed by atoms with Crippen LogP contribution < -0.4 is 15.0 Å². The molecule has 8 heteroatoms. The number of nitrogens with zero attached hydrogens (tertiary/aromatic N) is 3. The van der Waals surface area contributed by atoms with E-state index in [9.17, 15) is 4.79 Å². The molecule has 182 valence electrons. The number of hydrogen-bond donors (Lipinski definition) is 0. The molecule has 6 nitrogen and oxygen atoms in total. The van der Waals surface area contributed by atoms with E-state index in [0.717, 1.165) is 27.4 Å². The Balaban J connectivity index is 2.05. The van der Waals surface area contributed by atoms with Gasteiger partial charge in [-0.25, -0.2) is 4.98 Å². The SMILES string of the molecule is CCCCc1nc2ccc(Br)cc2c(=O)n1N=Cc1cc(OCC)c(OCC(C)(C)C)cc1Br. The summed E-state index contributed by atoms with van der Waals surface area (Å²) in [5.41, 5.74) is 1.27. The number of aromatic nitrogens is 2.